The van der Waals surface area contributed by atoms with Crippen LogP contribution in [0.5, 0.6) is 5.75 Å². The topological polar surface area (TPSA) is 196 Å². The first-order valence-electron chi connectivity index (χ1n) is 9.60. The summed E-state index contributed by atoms with van der Waals surface area (Å²) in [6.07, 6.45) is 1.04. The van der Waals surface area contributed by atoms with Gasteiger partial charge in [0.25, 0.3) is 5.89 Å². The first-order chi connectivity index (χ1) is 14.8. The van der Waals surface area contributed by atoms with Gasteiger partial charge < -0.3 is 36.4 Å². The number of rotatable bonds is 12. The van der Waals surface area contributed by atoms with Crippen molar-refractivity contribution in [2.45, 2.75) is 37.8 Å². The molecule has 168 valence electrons. The number of aromatic nitrogens is 2. The lowest BCUT2D eigenvalue weighted by atomic mass is 10.1. The van der Waals surface area contributed by atoms with Crippen molar-refractivity contribution < 1.29 is 28.6 Å². The third-order valence-electron chi connectivity index (χ3n) is 4.34. The highest BCUT2D eigenvalue weighted by molar-refractivity contribution is 5.83. The lowest BCUT2D eigenvalue weighted by Crippen LogP contribution is -2.47. The molecule has 12 nitrogen and oxygen atoms in total. The molecule has 2 rings (SSSR count). The number of nitrogens with zero attached hydrogens (tertiary/aromatic N) is 2. The normalized spacial score (nSPS) is 12.6. The quantitative estimate of drug-likeness (QED) is 0.296. The molecule has 12 heteroatoms. The number of hydrogen-bond acceptors (Lipinski definition) is 8. The highest BCUT2D eigenvalue weighted by Crippen LogP contribution is 2.29. The Morgan fingerprint density at radius 2 is 1.94 bits per heavy atom. The van der Waals surface area contributed by atoms with E-state index >= 15 is 0 Å². The Labute approximate surface area is 178 Å². The molecule has 0 radical (unpaired) electrons. The van der Waals surface area contributed by atoms with Crippen molar-refractivity contribution in [2.75, 3.05) is 13.7 Å². The van der Waals surface area contributed by atoms with Gasteiger partial charge in [-0.2, -0.15) is 0 Å². The lowest BCUT2D eigenvalue weighted by molar-refractivity contribution is -0.139. The molecule has 0 aliphatic carbocycles. The average molecular weight is 434 g/mol. The minimum absolute atomic E-state index is 0.0649. The minimum atomic E-state index is -1.19. The van der Waals surface area contributed by atoms with Gasteiger partial charge in [0.15, 0.2) is 0 Å². The average Bonchev–Trinajstić information content (AvgIpc) is 3.22. The highest BCUT2D eigenvalue weighted by Gasteiger charge is 2.26. The summed E-state index contributed by atoms with van der Waals surface area (Å²) in [5, 5.41) is 22.0. The van der Waals surface area contributed by atoms with Gasteiger partial charge in [-0.1, -0.05) is 12.1 Å². The van der Waals surface area contributed by atoms with Crippen LogP contribution in [0.2, 0.25) is 0 Å². The molecule has 0 saturated heterocycles. The van der Waals surface area contributed by atoms with Crippen LogP contribution in [-0.4, -0.2) is 52.9 Å². The number of unbranched alkanes of at least 4 members (excludes halogenated alkanes) is 1. The second-order valence-corrected chi connectivity index (χ2v) is 6.66. The molecular formula is C19H26N6O6. The Balaban J connectivity index is 2.15. The van der Waals surface area contributed by atoms with Crippen LogP contribution < -0.4 is 26.8 Å². The van der Waals surface area contributed by atoms with E-state index in [9.17, 15) is 19.5 Å². The van der Waals surface area contributed by atoms with Gasteiger partial charge in [-0.25, -0.2) is 9.59 Å². The van der Waals surface area contributed by atoms with Gasteiger partial charge in [0.2, 0.25) is 11.8 Å². The maximum absolute atomic E-state index is 12.4. The molecule has 0 aliphatic rings. The summed E-state index contributed by atoms with van der Waals surface area (Å²) >= 11 is 0. The van der Waals surface area contributed by atoms with Crippen molar-refractivity contribution in [1.29, 1.82) is 0 Å². The zero-order chi connectivity index (χ0) is 22.8. The molecule has 1 aromatic heterocycles. The number of hydrogen-bond donors (Lipinski definition) is 5. The molecule has 0 saturated carbocycles. The third-order valence-corrected chi connectivity index (χ3v) is 4.34. The Kier molecular flexibility index (Phi) is 8.76. The van der Waals surface area contributed by atoms with E-state index in [1.807, 2.05) is 0 Å². The van der Waals surface area contributed by atoms with Crippen molar-refractivity contribution in [3.05, 3.63) is 30.2 Å². The van der Waals surface area contributed by atoms with Crippen molar-refractivity contribution in [3.63, 3.8) is 0 Å². The van der Waals surface area contributed by atoms with E-state index in [1.54, 1.807) is 24.3 Å². The number of carbonyl (C=O) groups excluding carboxylic acids is 2. The van der Waals surface area contributed by atoms with Crippen molar-refractivity contribution in [2.24, 2.45) is 11.5 Å². The zero-order valence-electron chi connectivity index (χ0n) is 17.0. The van der Waals surface area contributed by atoms with Gasteiger partial charge in [-0.3, -0.25) is 4.79 Å². The third kappa shape index (κ3) is 6.96. The largest absolute Gasteiger partial charge is 0.496 e. The van der Waals surface area contributed by atoms with E-state index in [1.165, 1.54) is 7.11 Å². The zero-order valence-corrected chi connectivity index (χ0v) is 17.0. The molecule has 1 aromatic carbocycles. The summed E-state index contributed by atoms with van der Waals surface area (Å²) in [7, 11) is 1.49. The lowest BCUT2D eigenvalue weighted by Gasteiger charge is -2.18. The number of carboxylic acid groups (broad SMARTS) is 1. The van der Waals surface area contributed by atoms with Crippen LogP contribution in [-0.2, 0) is 9.59 Å². The second kappa shape index (κ2) is 11.5. The summed E-state index contributed by atoms with van der Waals surface area (Å²) in [6, 6.07) is 3.96. The van der Waals surface area contributed by atoms with Gasteiger partial charge in [0.1, 0.15) is 17.8 Å². The molecule has 2 aromatic rings. The predicted octanol–water partition coefficient (Wildman–Crippen LogP) is 0.543. The Hall–Kier alpha value is -3.67. The van der Waals surface area contributed by atoms with Gasteiger partial charge >= 0.3 is 12.0 Å². The number of amides is 3. The predicted molar refractivity (Wildman–Crippen MR) is 109 cm³/mol. The summed E-state index contributed by atoms with van der Waals surface area (Å²) < 4.78 is 10.9. The Bertz CT molecular complexity index is 902. The summed E-state index contributed by atoms with van der Waals surface area (Å²) in [4.78, 5) is 35.2. The van der Waals surface area contributed by atoms with Crippen molar-refractivity contribution >= 4 is 17.9 Å². The highest BCUT2D eigenvalue weighted by atomic mass is 16.5. The van der Waals surface area contributed by atoms with Crippen molar-refractivity contribution in [1.82, 2.24) is 20.8 Å². The molecule has 0 bridgehead atoms. The number of urea groups is 1. The Morgan fingerprint density at radius 3 is 2.58 bits per heavy atom. The van der Waals surface area contributed by atoms with E-state index in [-0.39, 0.29) is 24.6 Å². The fourth-order valence-electron chi connectivity index (χ4n) is 2.82. The number of carboxylic acids is 1. The van der Waals surface area contributed by atoms with Gasteiger partial charge in [-0.05, 0) is 37.9 Å². The number of nitrogens with two attached hydrogens (primary N) is 2. The smallest absolute Gasteiger partial charge is 0.326 e. The number of carbonyl (C=O) groups is 3. The molecular weight excluding hydrogens is 408 g/mol. The summed E-state index contributed by atoms with van der Waals surface area (Å²) in [5.74, 6) is -1.36. The van der Waals surface area contributed by atoms with Crippen LogP contribution in [0.3, 0.4) is 0 Å². The SMILES string of the molecule is COc1ccccc1-c1nnc(C(CC(N)=O)NC(=O)NC(CCCCN)C(=O)O)o1. The minimum Gasteiger partial charge on any atom is -0.496 e. The standard InChI is InChI=1S/C19H26N6O6/c1-30-14-8-3-2-6-11(14)16-24-25-17(31-16)13(10-15(21)26)23-19(29)22-12(18(27)28)7-4-5-9-20/h2-3,6,8,12-13H,4-5,7,9-10,20H2,1H3,(H2,21,26)(H,27,28)(H2,22,23,29). The first-order valence-corrected chi connectivity index (χ1v) is 9.60. The molecule has 7 N–H and O–H groups in total. The molecule has 0 fully saturated rings. The molecule has 31 heavy (non-hydrogen) atoms. The number of aliphatic carboxylic acids is 1. The molecule has 2 atom stereocenters. The molecule has 1 heterocycles. The second-order valence-electron chi connectivity index (χ2n) is 6.66. The molecule has 3 amide bonds. The molecule has 0 aliphatic heterocycles. The van der Waals surface area contributed by atoms with Crippen LogP contribution >= 0.6 is 0 Å². The van der Waals surface area contributed by atoms with Crippen LogP contribution in [0.25, 0.3) is 11.5 Å². The number of benzene rings is 1. The first kappa shape index (κ1) is 23.6. The number of methoxy groups -OCH3 is 1. The van der Waals surface area contributed by atoms with Crippen LogP contribution in [0.4, 0.5) is 4.79 Å². The maximum atomic E-state index is 12.4. The van der Waals surface area contributed by atoms with Crippen LogP contribution in [0.1, 0.15) is 37.6 Å². The fourth-order valence-corrected chi connectivity index (χ4v) is 2.82. The van der Waals surface area contributed by atoms with E-state index in [2.05, 4.69) is 20.8 Å². The maximum Gasteiger partial charge on any atom is 0.326 e. The van der Waals surface area contributed by atoms with Crippen LogP contribution in [0, 0.1) is 0 Å². The van der Waals surface area contributed by atoms with Gasteiger partial charge in [0.05, 0.1) is 19.1 Å². The Morgan fingerprint density at radius 1 is 1.19 bits per heavy atom. The van der Waals surface area contributed by atoms with E-state index in [4.69, 9.17) is 20.6 Å². The van der Waals surface area contributed by atoms with Gasteiger partial charge in [0, 0.05) is 0 Å². The van der Waals surface area contributed by atoms with E-state index in [0.717, 1.165) is 0 Å². The number of nitrogens with one attached hydrogen (secondary N) is 2. The van der Waals surface area contributed by atoms with Crippen LogP contribution in [0.15, 0.2) is 28.7 Å². The van der Waals surface area contributed by atoms with Gasteiger partial charge in [-0.15, -0.1) is 10.2 Å². The molecule has 2 unspecified atom stereocenters. The number of ether oxygens (including phenoxy) is 1. The van der Waals surface area contributed by atoms with E-state index < -0.39 is 30.0 Å². The monoisotopic (exact) mass is 434 g/mol. The number of para-hydroxylation sites is 1. The van der Waals surface area contributed by atoms with E-state index in [0.29, 0.717) is 30.7 Å². The summed E-state index contributed by atoms with van der Waals surface area (Å²) in [6.45, 7) is 0.422. The summed E-state index contributed by atoms with van der Waals surface area (Å²) in [5.41, 5.74) is 11.2. The molecule has 0 spiro atoms. The number of primary amides is 1. The fraction of sp³-hybridized carbons (Fsp3) is 0.421. The van der Waals surface area contributed by atoms with Crippen molar-refractivity contribution in [3.8, 4) is 17.2 Å².